The number of aliphatic hydroxyl groups excluding tert-OH is 2. The minimum absolute atomic E-state index is 0.0687. The lowest BCUT2D eigenvalue weighted by Gasteiger charge is -2.18. The molecule has 0 radical (unpaired) electrons. The second-order valence-corrected chi connectivity index (χ2v) is 3.30. The molecule has 3 heteroatoms. The molecule has 3 nitrogen and oxygen atoms in total. The average Bonchev–Trinajstić information content (AvgIpc) is 2.26. The van der Waals surface area contributed by atoms with Crippen LogP contribution in [0.5, 0.6) is 0 Å². The highest BCUT2D eigenvalue weighted by Crippen LogP contribution is 2.21. The molecule has 78 valence electrons. The molecule has 1 aromatic carbocycles. The Morgan fingerprint density at radius 1 is 1.29 bits per heavy atom. The van der Waals surface area contributed by atoms with Crippen LogP contribution in [0.15, 0.2) is 24.3 Å². The molecule has 0 spiro atoms. The van der Waals surface area contributed by atoms with E-state index in [-0.39, 0.29) is 6.54 Å². The molecular weight excluding hydrogens is 178 g/mol. The molecule has 0 saturated carbocycles. The Morgan fingerprint density at radius 2 is 1.93 bits per heavy atom. The van der Waals surface area contributed by atoms with Gasteiger partial charge in [0.2, 0.25) is 0 Å². The van der Waals surface area contributed by atoms with Gasteiger partial charge in [0.25, 0.3) is 0 Å². The molecule has 0 heterocycles. The van der Waals surface area contributed by atoms with Crippen molar-refractivity contribution in [2.24, 2.45) is 5.73 Å². The van der Waals surface area contributed by atoms with Crippen molar-refractivity contribution in [1.82, 2.24) is 0 Å². The van der Waals surface area contributed by atoms with Crippen molar-refractivity contribution in [3.63, 3.8) is 0 Å². The molecule has 1 rings (SSSR count). The van der Waals surface area contributed by atoms with Gasteiger partial charge in [-0.3, -0.25) is 0 Å². The molecular formula is C11H17NO2. The van der Waals surface area contributed by atoms with Crippen LogP contribution in [0.25, 0.3) is 0 Å². The quantitative estimate of drug-likeness (QED) is 0.659. The molecule has 1 aromatic rings. The summed E-state index contributed by atoms with van der Waals surface area (Å²) in [5, 5.41) is 19.2. The number of rotatable bonds is 4. The van der Waals surface area contributed by atoms with E-state index in [1.54, 1.807) is 0 Å². The van der Waals surface area contributed by atoms with Gasteiger partial charge in [-0.25, -0.2) is 0 Å². The number of hydrogen-bond donors (Lipinski definition) is 3. The molecule has 0 fully saturated rings. The smallest absolute Gasteiger partial charge is 0.106 e. The van der Waals surface area contributed by atoms with Crippen LogP contribution in [0.2, 0.25) is 0 Å². The molecule has 0 bridgehead atoms. The monoisotopic (exact) mass is 195 g/mol. The molecule has 0 aliphatic rings. The van der Waals surface area contributed by atoms with Crippen LogP contribution in [0.4, 0.5) is 0 Å². The van der Waals surface area contributed by atoms with Crippen molar-refractivity contribution in [3.8, 4) is 0 Å². The highest BCUT2D eigenvalue weighted by molar-refractivity contribution is 5.29. The van der Waals surface area contributed by atoms with Crippen LogP contribution in [0.1, 0.15) is 24.2 Å². The zero-order chi connectivity index (χ0) is 10.6. The summed E-state index contributed by atoms with van der Waals surface area (Å²) in [6.07, 6.45) is -0.927. The lowest BCUT2D eigenvalue weighted by Crippen LogP contribution is -2.27. The summed E-state index contributed by atoms with van der Waals surface area (Å²) >= 11 is 0. The summed E-state index contributed by atoms with van der Waals surface area (Å²) in [7, 11) is 0. The maximum absolute atomic E-state index is 9.77. The Morgan fingerprint density at radius 3 is 2.50 bits per heavy atom. The van der Waals surface area contributed by atoms with Gasteiger partial charge in [-0.1, -0.05) is 31.2 Å². The molecule has 0 aliphatic heterocycles. The van der Waals surface area contributed by atoms with Crippen molar-refractivity contribution in [3.05, 3.63) is 35.4 Å². The maximum atomic E-state index is 9.77. The van der Waals surface area contributed by atoms with E-state index in [4.69, 9.17) is 5.73 Å². The lowest BCUT2D eigenvalue weighted by atomic mass is 9.97. The predicted octanol–water partition coefficient (Wildman–Crippen LogP) is 0.602. The van der Waals surface area contributed by atoms with E-state index in [9.17, 15) is 10.2 Å². The first-order valence-corrected chi connectivity index (χ1v) is 4.84. The van der Waals surface area contributed by atoms with Crippen molar-refractivity contribution in [2.75, 3.05) is 6.54 Å². The van der Waals surface area contributed by atoms with Crippen molar-refractivity contribution >= 4 is 0 Å². The molecule has 0 aliphatic carbocycles. The van der Waals surface area contributed by atoms with E-state index < -0.39 is 12.2 Å². The summed E-state index contributed by atoms with van der Waals surface area (Å²) < 4.78 is 0. The van der Waals surface area contributed by atoms with E-state index in [0.29, 0.717) is 0 Å². The van der Waals surface area contributed by atoms with Gasteiger partial charge in [0.15, 0.2) is 0 Å². The first-order chi connectivity index (χ1) is 6.70. The van der Waals surface area contributed by atoms with Gasteiger partial charge in [-0.15, -0.1) is 0 Å². The zero-order valence-electron chi connectivity index (χ0n) is 8.35. The second-order valence-electron chi connectivity index (χ2n) is 3.30. The fourth-order valence-electron chi connectivity index (χ4n) is 1.48. The summed E-state index contributed by atoms with van der Waals surface area (Å²) in [5.74, 6) is 0. The summed E-state index contributed by atoms with van der Waals surface area (Å²) in [6, 6.07) is 7.54. The Bertz CT molecular complexity index is 288. The third kappa shape index (κ3) is 2.32. The van der Waals surface area contributed by atoms with Crippen LogP contribution in [0, 0.1) is 0 Å². The van der Waals surface area contributed by atoms with Gasteiger partial charge in [0, 0.05) is 6.54 Å². The third-order valence-corrected chi connectivity index (χ3v) is 2.36. The first-order valence-electron chi connectivity index (χ1n) is 4.84. The van der Waals surface area contributed by atoms with E-state index in [1.807, 2.05) is 31.2 Å². The van der Waals surface area contributed by atoms with Crippen LogP contribution in [-0.2, 0) is 6.42 Å². The Labute approximate surface area is 84.2 Å². The van der Waals surface area contributed by atoms with Crippen LogP contribution in [0.3, 0.4) is 0 Å². The SMILES string of the molecule is CCc1ccccc1C(O)C(O)CN. The number of aliphatic hydroxyl groups is 2. The Kier molecular flexibility index (Phi) is 4.07. The molecule has 0 amide bonds. The minimum atomic E-state index is -0.886. The standard InChI is InChI=1S/C11H17NO2/c1-2-8-5-3-4-6-9(8)11(14)10(13)7-12/h3-6,10-11,13-14H,2,7,12H2,1H3. The van der Waals surface area contributed by atoms with Crippen molar-refractivity contribution < 1.29 is 10.2 Å². The molecule has 14 heavy (non-hydrogen) atoms. The van der Waals surface area contributed by atoms with Gasteiger partial charge < -0.3 is 15.9 Å². The Hall–Kier alpha value is -0.900. The van der Waals surface area contributed by atoms with Gasteiger partial charge in [-0.2, -0.15) is 0 Å². The summed E-state index contributed by atoms with van der Waals surface area (Å²) in [6.45, 7) is 2.08. The summed E-state index contributed by atoms with van der Waals surface area (Å²) in [5.41, 5.74) is 7.11. The third-order valence-electron chi connectivity index (χ3n) is 2.36. The van der Waals surface area contributed by atoms with E-state index >= 15 is 0 Å². The fourth-order valence-corrected chi connectivity index (χ4v) is 1.48. The average molecular weight is 195 g/mol. The highest BCUT2D eigenvalue weighted by atomic mass is 16.3. The highest BCUT2D eigenvalue weighted by Gasteiger charge is 2.18. The van der Waals surface area contributed by atoms with Crippen LogP contribution in [-0.4, -0.2) is 22.9 Å². The minimum Gasteiger partial charge on any atom is -0.389 e. The largest absolute Gasteiger partial charge is 0.389 e. The van der Waals surface area contributed by atoms with E-state index in [1.165, 1.54) is 0 Å². The number of aryl methyl sites for hydroxylation is 1. The molecule has 0 saturated heterocycles. The fraction of sp³-hybridized carbons (Fsp3) is 0.455. The Balaban J connectivity index is 2.93. The lowest BCUT2D eigenvalue weighted by molar-refractivity contribution is 0.0238. The molecule has 2 unspecified atom stereocenters. The normalized spacial score (nSPS) is 15.1. The van der Waals surface area contributed by atoms with E-state index in [2.05, 4.69) is 0 Å². The molecule has 0 aromatic heterocycles. The van der Waals surface area contributed by atoms with Gasteiger partial charge in [-0.05, 0) is 17.5 Å². The van der Waals surface area contributed by atoms with Gasteiger partial charge in [0.05, 0.1) is 6.10 Å². The van der Waals surface area contributed by atoms with Crippen molar-refractivity contribution in [1.29, 1.82) is 0 Å². The van der Waals surface area contributed by atoms with Crippen molar-refractivity contribution in [2.45, 2.75) is 25.6 Å². The van der Waals surface area contributed by atoms with E-state index in [0.717, 1.165) is 17.5 Å². The number of nitrogens with two attached hydrogens (primary N) is 1. The topological polar surface area (TPSA) is 66.5 Å². The number of hydrogen-bond acceptors (Lipinski definition) is 3. The van der Waals surface area contributed by atoms with Gasteiger partial charge >= 0.3 is 0 Å². The first kappa shape index (κ1) is 11.2. The molecule has 4 N–H and O–H groups in total. The number of benzene rings is 1. The van der Waals surface area contributed by atoms with Crippen LogP contribution >= 0.6 is 0 Å². The predicted molar refractivity (Wildman–Crippen MR) is 55.8 cm³/mol. The summed E-state index contributed by atoms with van der Waals surface area (Å²) in [4.78, 5) is 0. The van der Waals surface area contributed by atoms with Crippen LogP contribution < -0.4 is 5.73 Å². The zero-order valence-corrected chi connectivity index (χ0v) is 8.35. The maximum Gasteiger partial charge on any atom is 0.106 e. The molecule has 2 atom stereocenters. The second kappa shape index (κ2) is 5.10. The van der Waals surface area contributed by atoms with Gasteiger partial charge in [0.1, 0.15) is 6.10 Å².